The van der Waals surface area contributed by atoms with E-state index in [4.69, 9.17) is 11.6 Å². The third kappa shape index (κ3) is 3.93. The lowest BCUT2D eigenvalue weighted by atomic mass is 9.70. The number of rotatable bonds is 4. The Morgan fingerprint density at radius 2 is 1.95 bits per heavy atom. The van der Waals surface area contributed by atoms with Crippen molar-refractivity contribution in [3.8, 4) is 0 Å². The van der Waals surface area contributed by atoms with Crippen LogP contribution in [0.2, 0.25) is 5.02 Å². The topological polar surface area (TPSA) is 12.0 Å². The Bertz CT molecular complexity index is 439. The first-order valence-electron chi connectivity index (χ1n) is 7.05. The van der Waals surface area contributed by atoms with Crippen LogP contribution in [-0.2, 0) is 6.42 Å². The van der Waals surface area contributed by atoms with Gasteiger partial charge in [0.25, 0.3) is 0 Å². The molecule has 106 valence electrons. The molecule has 0 aromatic heterocycles. The molecule has 1 fully saturated rings. The van der Waals surface area contributed by atoms with Gasteiger partial charge in [0.05, 0.1) is 5.02 Å². The Kier molecular flexibility index (Phi) is 4.52. The lowest BCUT2D eigenvalue weighted by molar-refractivity contribution is 0.159. The lowest BCUT2D eigenvalue weighted by Crippen LogP contribution is -2.44. The van der Waals surface area contributed by atoms with Crippen LogP contribution < -0.4 is 5.32 Å². The van der Waals surface area contributed by atoms with Crippen LogP contribution in [0.1, 0.15) is 39.2 Å². The maximum atomic E-state index is 13.4. The van der Waals surface area contributed by atoms with E-state index >= 15 is 0 Å². The van der Waals surface area contributed by atoms with Gasteiger partial charge in [-0.3, -0.25) is 0 Å². The molecule has 1 nitrogen and oxygen atoms in total. The van der Waals surface area contributed by atoms with Gasteiger partial charge in [0.15, 0.2) is 0 Å². The van der Waals surface area contributed by atoms with Crippen LogP contribution in [0.3, 0.4) is 0 Å². The second-order valence-corrected chi connectivity index (χ2v) is 7.02. The fraction of sp³-hybridized carbons (Fsp3) is 0.625. The van der Waals surface area contributed by atoms with Crippen molar-refractivity contribution in [3.63, 3.8) is 0 Å². The molecule has 1 N–H and O–H groups in total. The molecule has 0 amide bonds. The molecule has 1 aliphatic rings. The molecule has 0 aliphatic heterocycles. The molecule has 3 heteroatoms. The van der Waals surface area contributed by atoms with Crippen LogP contribution >= 0.6 is 11.6 Å². The summed E-state index contributed by atoms with van der Waals surface area (Å²) in [6.45, 7) is 7.60. The monoisotopic (exact) mass is 283 g/mol. The van der Waals surface area contributed by atoms with Crippen molar-refractivity contribution in [2.24, 2.45) is 11.8 Å². The van der Waals surface area contributed by atoms with Crippen molar-refractivity contribution in [2.75, 3.05) is 6.54 Å². The van der Waals surface area contributed by atoms with Crippen molar-refractivity contribution < 1.29 is 4.39 Å². The van der Waals surface area contributed by atoms with Crippen molar-refractivity contribution in [1.82, 2.24) is 5.32 Å². The van der Waals surface area contributed by atoms with Crippen LogP contribution in [0.25, 0.3) is 0 Å². The number of halogens is 2. The number of hydrogen-bond donors (Lipinski definition) is 1. The van der Waals surface area contributed by atoms with E-state index in [1.165, 1.54) is 18.9 Å². The Labute approximate surface area is 120 Å². The highest BCUT2D eigenvalue weighted by molar-refractivity contribution is 6.31. The van der Waals surface area contributed by atoms with Crippen molar-refractivity contribution in [2.45, 2.75) is 45.6 Å². The fourth-order valence-corrected chi connectivity index (χ4v) is 2.80. The molecule has 2 atom stereocenters. The molecule has 1 aliphatic carbocycles. The molecule has 1 aromatic carbocycles. The minimum absolute atomic E-state index is 0.163. The molecule has 0 spiro atoms. The van der Waals surface area contributed by atoms with Gasteiger partial charge < -0.3 is 5.32 Å². The van der Waals surface area contributed by atoms with Gasteiger partial charge in [0.1, 0.15) is 5.82 Å². The first-order chi connectivity index (χ1) is 8.87. The Morgan fingerprint density at radius 3 is 2.53 bits per heavy atom. The van der Waals surface area contributed by atoms with Crippen molar-refractivity contribution in [3.05, 3.63) is 34.6 Å². The van der Waals surface area contributed by atoms with Crippen LogP contribution in [0.4, 0.5) is 4.39 Å². The predicted molar refractivity (Wildman–Crippen MR) is 79.1 cm³/mol. The van der Waals surface area contributed by atoms with Gasteiger partial charge in [0.2, 0.25) is 0 Å². The summed E-state index contributed by atoms with van der Waals surface area (Å²) in [7, 11) is 0. The molecular weight excluding hydrogens is 261 g/mol. The van der Waals surface area contributed by atoms with Gasteiger partial charge in [-0.15, -0.1) is 0 Å². The van der Waals surface area contributed by atoms with Gasteiger partial charge in [-0.25, -0.2) is 4.39 Å². The molecule has 19 heavy (non-hydrogen) atoms. The summed E-state index contributed by atoms with van der Waals surface area (Å²) in [5.41, 5.74) is 1.11. The van der Waals surface area contributed by atoms with Crippen LogP contribution in [-0.4, -0.2) is 12.1 Å². The van der Waals surface area contributed by atoms with E-state index in [0.29, 0.717) is 16.9 Å². The first-order valence-corrected chi connectivity index (χ1v) is 7.42. The molecular formula is C16H23ClFN. The summed E-state index contributed by atoms with van der Waals surface area (Å²) in [5.74, 6) is 1.02. The summed E-state index contributed by atoms with van der Waals surface area (Å²) >= 11 is 6.03. The zero-order valence-corrected chi connectivity index (χ0v) is 12.7. The Hall–Kier alpha value is -0.600. The van der Waals surface area contributed by atoms with Crippen LogP contribution in [0.5, 0.6) is 0 Å². The standard InChI is InChI=1S/C16H23ClFN/c1-16(2,3)19-10-13-8-7-11(13)9-12-5-4-6-14(18)15(12)17/h4-6,11,13,19H,7-10H2,1-3H3. The number of benzene rings is 1. The number of hydrogen-bond acceptors (Lipinski definition) is 1. The first kappa shape index (κ1) is 14.8. The lowest BCUT2D eigenvalue weighted by Gasteiger charge is -2.39. The summed E-state index contributed by atoms with van der Waals surface area (Å²) in [6.07, 6.45) is 3.39. The smallest absolute Gasteiger partial charge is 0.142 e. The third-order valence-corrected chi connectivity index (χ3v) is 4.41. The van der Waals surface area contributed by atoms with E-state index < -0.39 is 0 Å². The molecule has 0 radical (unpaired) electrons. The summed E-state index contributed by atoms with van der Waals surface area (Å²) < 4.78 is 13.4. The van der Waals surface area contributed by atoms with Crippen molar-refractivity contribution >= 4 is 11.6 Å². The molecule has 0 bridgehead atoms. The van der Waals surface area contributed by atoms with Crippen LogP contribution in [0, 0.1) is 17.7 Å². The zero-order valence-electron chi connectivity index (χ0n) is 12.0. The highest BCUT2D eigenvalue weighted by Gasteiger charge is 2.31. The van der Waals surface area contributed by atoms with E-state index in [1.54, 1.807) is 6.07 Å². The molecule has 1 saturated carbocycles. The molecule has 2 rings (SSSR count). The normalized spacial score (nSPS) is 23.2. The maximum Gasteiger partial charge on any atom is 0.142 e. The highest BCUT2D eigenvalue weighted by Crippen LogP contribution is 2.38. The Balaban J connectivity index is 1.91. The molecule has 2 unspecified atom stereocenters. The largest absolute Gasteiger partial charge is 0.312 e. The zero-order chi connectivity index (χ0) is 14.0. The summed E-state index contributed by atoms with van der Waals surface area (Å²) in [5, 5.41) is 3.86. The van der Waals surface area contributed by atoms with Gasteiger partial charge in [-0.1, -0.05) is 23.7 Å². The van der Waals surface area contributed by atoms with Gasteiger partial charge in [0, 0.05) is 5.54 Å². The Morgan fingerprint density at radius 1 is 1.26 bits per heavy atom. The SMILES string of the molecule is CC(C)(C)NCC1CCC1Cc1cccc(F)c1Cl. The van der Waals surface area contributed by atoms with E-state index in [2.05, 4.69) is 26.1 Å². The second-order valence-electron chi connectivity index (χ2n) is 6.65. The van der Waals surface area contributed by atoms with E-state index in [9.17, 15) is 4.39 Å². The van der Waals surface area contributed by atoms with E-state index in [0.717, 1.165) is 18.5 Å². The van der Waals surface area contributed by atoms with E-state index in [1.807, 2.05) is 6.07 Å². The summed E-state index contributed by atoms with van der Waals surface area (Å²) in [4.78, 5) is 0. The molecule has 0 saturated heterocycles. The average Bonchev–Trinajstić information content (AvgIpc) is 2.28. The molecule has 1 aromatic rings. The van der Waals surface area contributed by atoms with Gasteiger partial charge >= 0.3 is 0 Å². The summed E-state index contributed by atoms with van der Waals surface area (Å²) in [6, 6.07) is 5.11. The minimum atomic E-state index is -0.303. The molecule has 0 heterocycles. The maximum absolute atomic E-state index is 13.4. The third-order valence-electron chi connectivity index (χ3n) is 3.98. The quantitative estimate of drug-likeness (QED) is 0.862. The highest BCUT2D eigenvalue weighted by atomic mass is 35.5. The van der Waals surface area contributed by atoms with Crippen LogP contribution in [0.15, 0.2) is 18.2 Å². The van der Waals surface area contributed by atoms with Crippen molar-refractivity contribution in [1.29, 1.82) is 0 Å². The van der Waals surface area contributed by atoms with Gasteiger partial charge in [-0.05, 0) is 70.0 Å². The predicted octanol–water partition coefficient (Wildman–Crippen LogP) is 4.44. The second kappa shape index (κ2) is 5.80. The van der Waals surface area contributed by atoms with E-state index in [-0.39, 0.29) is 11.4 Å². The minimum Gasteiger partial charge on any atom is -0.312 e. The number of nitrogens with one attached hydrogen (secondary N) is 1. The van der Waals surface area contributed by atoms with Gasteiger partial charge in [-0.2, -0.15) is 0 Å². The fourth-order valence-electron chi connectivity index (χ4n) is 2.60. The average molecular weight is 284 g/mol.